The molecule has 0 aromatic carbocycles. The van der Waals surface area contributed by atoms with Crippen LogP contribution in [0.5, 0.6) is 0 Å². The third kappa shape index (κ3) is 5.90. The van der Waals surface area contributed by atoms with Gasteiger partial charge in [-0.05, 0) is 48.7 Å². The SMILES string of the molecule is CC.CCC(C)(C)C1=CCCC(C(C)C)=C1C.F.O. The highest BCUT2D eigenvalue weighted by Gasteiger charge is 2.26. The third-order valence-electron chi connectivity index (χ3n) is 3.96. The van der Waals surface area contributed by atoms with Gasteiger partial charge in [0.15, 0.2) is 0 Å². The first-order valence-corrected chi connectivity index (χ1v) is 7.30. The van der Waals surface area contributed by atoms with E-state index in [-0.39, 0.29) is 10.2 Å². The van der Waals surface area contributed by atoms with Crippen molar-refractivity contribution in [1.82, 2.24) is 0 Å². The lowest BCUT2D eigenvalue weighted by Gasteiger charge is -2.32. The summed E-state index contributed by atoms with van der Waals surface area (Å²) >= 11 is 0. The Morgan fingerprint density at radius 3 is 2.05 bits per heavy atom. The number of hydrogen-bond donors (Lipinski definition) is 0. The molecule has 0 saturated carbocycles. The van der Waals surface area contributed by atoms with Crippen molar-refractivity contribution in [3.8, 4) is 0 Å². The van der Waals surface area contributed by atoms with Crippen LogP contribution in [0.15, 0.2) is 22.8 Å². The fourth-order valence-electron chi connectivity index (χ4n) is 2.58. The minimum Gasteiger partial charge on any atom is -0.412 e. The van der Waals surface area contributed by atoms with Crippen LogP contribution in [-0.2, 0) is 0 Å². The average Bonchev–Trinajstić information content (AvgIpc) is 2.31. The molecule has 116 valence electrons. The van der Waals surface area contributed by atoms with Crippen LogP contribution in [0.25, 0.3) is 0 Å². The van der Waals surface area contributed by atoms with Gasteiger partial charge in [-0.15, -0.1) is 0 Å². The van der Waals surface area contributed by atoms with Crippen molar-refractivity contribution in [2.75, 3.05) is 0 Å². The van der Waals surface area contributed by atoms with Gasteiger partial charge in [0.25, 0.3) is 0 Å². The summed E-state index contributed by atoms with van der Waals surface area (Å²) in [6, 6.07) is 0. The van der Waals surface area contributed by atoms with Crippen LogP contribution in [0.2, 0.25) is 0 Å². The summed E-state index contributed by atoms with van der Waals surface area (Å²) in [5.74, 6) is 0.710. The average molecular weight is 274 g/mol. The molecule has 1 rings (SSSR count). The minimum atomic E-state index is 0. The second-order valence-corrected chi connectivity index (χ2v) is 5.70. The topological polar surface area (TPSA) is 31.5 Å². The second-order valence-electron chi connectivity index (χ2n) is 5.70. The summed E-state index contributed by atoms with van der Waals surface area (Å²) in [6.07, 6.45) is 6.20. The van der Waals surface area contributed by atoms with Crippen molar-refractivity contribution in [1.29, 1.82) is 0 Å². The summed E-state index contributed by atoms with van der Waals surface area (Å²) in [4.78, 5) is 0. The molecule has 1 aliphatic rings. The van der Waals surface area contributed by atoms with Crippen LogP contribution in [0, 0.1) is 11.3 Å². The monoisotopic (exact) mass is 274 g/mol. The zero-order valence-electron chi connectivity index (χ0n) is 14.2. The van der Waals surface area contributed by atoms with E-state index in [0.717, 1.165) is 0 Å². The van der Waals surface area contributed by atoms with Gasteiger partial charge in [0.2, 0.25) is 0 Å². The molecule has 1 nitrogen and oxygen atoms in total. The van der Waals surface area contributed by atoms with E-state index in [0.29, 0.717) is 11.3 Å². The maximum Gasteiger partial charge on any atom is -0.0107 e. The lowest BCUT2D eigenvalue weighted by Crippen LogP contribution is -2.18. The lowest BCUT2D eigenvalue weighted by atomic mass is 9.73. The summed E-state index contributed by atoms with van der Waals surface area (Å²) in [6.45, 7) is 18.0. The molecular weight excluding hydrogens is 239 g/mol. The molecular formula is C17H35FO. The Bertz CT molecular complexity index is 298. The Morgan fingerprint density at radius 2 is 1.68 bits per heavy atom. The van der Waals surface area contributed by atoms with Crippen LogP contribution < -0.4 is 0 Å². The van der Waals surface area contributed by atoms with Crippen LogP contribution >= 0.6 is 0 Å². The van der Waals surface area contributed by atoms with E-state index in [9.17, 15) is 0 Å². The van der Waals surface area contributed by atoms with Gasteiger partial charge in [0.05, 0.1) is 0 Å². The van der Waals surface area contributed by atoms with E-state index >= 15 is 0 Å². The fraction of sp³-hybridized carbons (Fsp3) is 0.765. The third-order valence-corrected chi connectivity index (χ3v) is 3.96. The summed E-state index contributed by atoms with van der Waals surface area (Å²) in [5, 5.41) is 0. The molecule has 0 aromatic heterocycles. The van der Waals surface area contributed by atoms with Gasteiger partial charge >= 0.3 is 0 Å². The molecule has 0 saturated heterocycles. The smallest absolute Gasteiger partial charge is 0.0107 e. The van der Waals surface area contributed by atoms with Crippen molar-refractivity contribution in [2.24, 2.45) is 11.3 Å². The molecule has 0 fully saturated rings. The molecule has 0 spiro atoms. The van der Waals surface area contributed by atoms with Gasteiger partial charge in [-0.1, -0.05) is 60.1 Å². The van der Waals surface area contributed by atoms with Crippen LogP contribution in [0.3, 0.4) is 0 Å². The van der Waals surface area contributed by atoms with Crippen molar-refractivity contribution < 1.29 is 10.2 Å². The van der Waals surface area contributed by atoms with Gasteiger partial charge in [-0.2, -0.15) is 0 Å². The van der Waals surface area contributed by atoms with Crippen molar-refractivity contribution in [2.45, 2.75) is 74.7 Å². The van der Waals surface area contributed by atoms with E-state index in [1.807, 2.05) is 13.8 Å². The van der Waals surface area contributed by atoms with Crippen molar-refractivity contribution in [3.05, 3.63) is 22.8 Å². The summed E-state index contributed by atoms with van der Waals surface area (Å²) in [7, 11) is 0. The number of allylic oxidation sites excluding steroid dienone is 4. The molecule has 0 radical (unpaired) electrons. The number of halogens is 1. The maximum absolute atomic E-state index is 2.46. The minimum absolute atomic E-state index is 0. The summed E-state index contributed by atoms with van der Waals surface area (Å²) < 4.78 is 0. The molecule has 0 aliphatic heterocycles. The molecule has 0 bridgehead atoms. The Balaban J connectivity index is -0.000000609. The van der Waals surface area contributed by atoms with Gasteiger partial charge in [-0.25, -0.2) is 0 Å². The highest BCUT2D eigenvalue weighted by molar-refractivity contribution is 5.41. The van der Waals surface area contributed by atoms with E-state index in [2.05, 4.69) is 47.6 Å². The second kappa shape index (κ2) is 10.2. The normalized spacial score (nSPS) is 14.9. The predicted octanol–water partition coefficient (Wildman–Crippen LogP) is 5.47. The van der Waals surface area contributed by atoms with Gasteiger partial charge in [-0.3, -0.25) is 4.70 Å². The molecule has 19 heavy (non-hydrogen) atoms. The molecule has 0 unspecified atom stereocenters. The Kier molecular flexibility index (Phi) is 12.6. The van der Waals surface area contributed by atoms with Gasteiger partial charge < -0.3 is 5.48 Å². The zero-order valence-corrected chi connectivity index (χ0v) is 14.2. The predicted molar refractivity (Wildman–Crippen MR) is 86.4 cm³/mol. The van der Waals surface area contributed by atoms with E-state index in [4.69, 9.17) is 0 Å². The van der Waals surface area contributed by atoms with Crippen LogP contribution in [0.4, 0.5) is 4.70 Å². The van der Waals surface area contributed by atoms with Crippen LogP contribution in [0.1, 0.15) is 74.7 Å². The fourth-order valence-corrected chi connectivity index (χ4v) is 2.58. The largest absolute Gasteiger partial charge is 0.412 e. The summed E-state index contributed by atoms with van der Waals surface area (Å²) in [5.41, 5.74) is 5.20. The molecule has 0 amide bonds. The van der Waals surface area contributed by atoms with E-state index in [1.165, 1.54) is 19.3 Å². The van der Waals surface area contributed by atoms with E-state index in [1.54, 1.807) is 16.7 Å². The molecule has 0 aromatic rings. The first-order chi connectivity index (χ1) is 7.90. The van der Waals surface area contributed by atoms with E-state index < -0.39 is 0 Å². The lowest BCUT2D eigenvalue weighted by molar-refractivity contribution is 0.428. The Labute approximate surface area is 119 Å². The zero-order chi connectivity index (χ0) is 13.6. The highest BCUT2D eigenvalue weighted by Crippen LogP contribution is 2.41. The number of rotatable bonds is 3. The van der Waals surface area contributed by atoms with Crippen molar-refractivity contribution in [3.63, 3.8) is 0 Å². The molecule has 2 heteroatoms. The Hall–Kier alpha value is -0.630. The van der Waals surface area contributed by atoms with Gasteiger partial charge in [0.1, 0.15) is 0 Å². The standard InChI is InChI=1S/C15H26.C2H6.FH.H2O/c1-7-15(5,6)14-10-8-9-13(11(2)3)12(14)4;1-2;;/h10-11H,7-9H2,1-6H3;1-2H3;1H;1H2. The quantitative estimate of drug-likeness (QED) is 0.653. The van der Waals surface area contributed by atoms with Crippen LogP contribution in [-0.4, -0.2) is 5.48 Å². The molecule has 1 aliphatic carbocycles. The number of hydrogen-bond acceptors (Lipinski definition) is 0. The molecule has 0 atom stereocenters. The highest BCUT2D eigenvalue weighted by atomic mass is 19.0. The first-order valence-electron chi connectivity index (χ1n) is 7.30. The van der Waals surface area contributed by atoms with Crippen molar-refractivity contribution >= 4 is 0 Å². The Morgan fingerprint density at radius 1 is 1.21 bits per heavy atom. The molecule has 2 N–H and O–H groups in total. The maximum atomic E-state index is 2.46. The van der Waals surface area contributed by atoms with Gasteiger partial charge in [0, 0.05) is 0 Å². The molecule has 0 heterocycles. The first kappa shape index (κ1) is 23.5.